The summed E-state index contributed by atoms with van der Waals surface area (Å²) < 4.78 is 69.9. The molecule has 2 aliphatic rings. The van der Waals surface area contributed by atoms with Crippen LogP contribution in [0.25, 0.3) is 10.9 Å². The predicted octanol–water partition coefficient (Wildman–Crippen LogP) is 3.08. The molecule has 5 rings (SSSR count). The van der Waals surface area contributed by atoms with E-state index in [-0.39, 0.29) is 60.8 Å². The number of halogens is 5. The number of fused-ring (bicyclic) bond motifs is 1. The van der Waals surface area contributed by atoms with Crippen LogP contribution < -0.4 is 5.73 Å². The number of carbonyl (C=O) groups excluding carboxylic acids is 2. The summed E-state index contributed by atoms with van der Waals surface area (Å²) in [6.07, 6.45) is -3.15. The van der Waals surface area contributed by atoms with Crippen molar-refractivity contribution in [3.05, 3.63) is 53.4 Å². The van der Waals surface area contributed by atoms with Crippen molar-refractivity contribution in [3.63, 3.8) is 0 Å². The second-order valence-corrected chi connectivity index (χ2v) is 8.99. The number of amides is 2. The van der Waals surface area contributed by atoms with Gasteiger partial charge in [0.1, 0.15) is 30.0 Å². The number of pyridine rings is 1. The van der Waals surface area contributed by atoms with Gasteiger partial charge in [-0.25, -0.2) is 13.8 Å². The smallest absolute Gasteiger partial charge is 0.384 e. The van der Waals surface area contributed by atoms with Gasteiger partial charge >= 0.3 is 6.18 Å². The van der Waals surface area contributed by atoms with Crippen molar-refractivity contribution >= 4 is 28.5 Å². The van der Waals surface area contributed by atoms with Gasteiger partial charge in [-0.1, -0.05) is 0 Å². The maximum Gasteiger partial charge on any atom is 0.408 e. The molecular formula is C23H21F5N6O2. The molecule has 36 heavy (non-hydrogen) atoms. The lowest BCUT2D eigenvalue weighted by Crippen LogP contribution is -2.48. The van der Waals surface area contributed by atoms with Crippen LogP contribution in [0.3, 0.4) is 0 Å². The summed E-state index contributed by atoms with van der Waals surface area (Å²) in [7, 11) is 0. The third-order valence-electron chi connectivity index (χ3n) is 6.62. The summed E-state index contributed by atoms with van der Waals surface area (Å²) in [5.41, 5.74) is 6.13. The van der Waals surface area contributed by atoms with Crippen molar-refractivity contribution in [2.24, 2.45) is 0 Å². The normalized spacial score (nSPS) is 18.6. The number of nitrogens with zero attached hydrogens (tertiary/aromatic N) is 5. The van der Waals surface area contributed by atoms with Crippen molar-refractivity contribution in [1.82, 2.24) is 24.6 Å². The van der Waals surface area contributed by atoms with Crippen LogP contribution in [0.4, 0.5) is 27.8 Å². The van der Waals surface area contributed by atoms with Crippen molar-refractivity contribution in [1.29, 1.82) is 0 Å². The van der Waals surface area contributed by atoms with E-state index >= 15 is 0 Å². The van der Waals surface area contributed by atoms with Gasteiger partial charge in [-0.05, 0) is 25.0 Å². The van der Waals surface area contributed by atoms with Crippen LogP contribution in [0.2, 0.25) is 0 Å². The molecule has 0 spiro atoms. The quantitative estimate of drug-likeness (QED) is 0.547. The highest BCUT2D eigenvalue weighted by Gasteiger charge is 2.47. The molecule has 13 heteroatoms. The molecule has 0 radical (unpaired) electrons. The van der Waals surface area contributed by atoms with Gasteiger partial charge < -0.3 is 15.5 Å². The lowest BCUT2D eigenvalue weighted by molar-refractivity contribution is -0.183. The van der Waals surface area contributed by atoms with Gasteiger partial charge in [-0.2, -0.15) is 18.3 Å². The fraction of sp³-hybridized carbons (Fsp3) is 0.391. The van der Waals surface area contributed by atoms with Crippen LogP contribution in [0.1, 0.15) is 34.8 Å². The summed E-state index contributed by atoms with van der Waals surface area (Å²) in [5, 5.41) is 4.28. The molecule has 2 amide bonds. The number of nitrogens with two attached hydrogens (primary N) is 1. The van der Waals surface area contributed by atoms with Gasteiger partial charge in [0.2, 0.25) is 5.91 Å². The highest BCUT2D eigenvalue weighted by Crippen LogP contribution is 2.36. The molecule has 2 fully saturated rings. The SMILES string of the molecule is Nc1cc(C(=O)N2CC(c3nn(CC(=O)N4CCC[C@H]4C(F)(F)F)c4cc(F)cc(F)c34)C2)ccn1. The highest BCUT2D eigenvalue weighted by atomic mass is 19.4. The molecule has 3 aromatic rings. The third kappa shape index (κ3) is 4.22. The van der Waals surface area contributed by atoms with Gasteiger partial charge in [0.25, 0.3) is 5.91 Å². The zero-order valence-electron chi connectivity index (χ0n) is 18.8. The third-order valence-corrected chi connectivity index (χ3v) is 6.62. The highest BCUT2D eigenvalue weighted by molar-refractivity contribution is 5.95. The first kappa shape index (κ1) is 23.9. The number of hydrogen-bond acceptors (Lipinski definition) is 5. The number of anilines is 1. The zero-order chi connectivity index (χ0) is 25.8. The molecule has 0 unspecified atom stereocenters. The average molecular weight is 508 g/mol. The summed E-state index contributed by atoms with van der Waals surface area (Å²) in [5.74, 6) is -3.19. The van der Waals surface area contributed by atoms with Crippen molar-refractivity contribution in [2.75, 3.05) is 25.4 Å². The second kappa shape index (κ2) is 8.71. The van der Waals surface area contributed by atoms with Gasteiger partial charge in [0.05, 0.1) is 16.6 Å². The second-order valence-electron chi connectivity index (χ2n) is 8.99. The average Bonchev–Trinajstić information content (AvgIpc) is 3.39. The van der Waals surface area contributed by atoms with E-state index in [9.17, 15) is 31.5 Å². The summed E-state index contributed by atoms with van der Waals surface area (Å²) in [6, 6.07) is 2.72. The molecule has 0 bridgehead atoms. The van der Waals surface area contributed by atoms with E-state index in [0.29, 0.717) is 11.6 Å². The lowest BCUT2D eigenvalue weighted by Gasteiger charge is -2.38. The van der Waals surface area contributed by atoms with E-state index in [4.69, 9.17) is 5.73 Å². The Morgan fingerprint density at radius 2 is 1.89 bits per heavy atom. The molecule has 2 aliphatic heterocycles. The number of hydrogen-bond donors (Lipinski definition) is 1. The van der Waals surface area contributed by atoms with E-state index in [1.807, 2.05) is 0 Å². The fourth-order valence-corrected chi connectivity index (χ4v) is 4.86. The van der Waals surface area contributed by atoms with Crippen LogP contribution in [-0.2, 0) is 11.3 Å². The molecule has 4 heterocycles. The first-order valence-corrected chi connectivity index (χ1v) is 11.3. The Balaban J connectivity index is 1.40. The minimum absolute atomic E-state index is 0.0248. The monoisotopic (exact) mass is 508 g/mol. The van der Waals surface area contributed by atoms with Crippen molar-refractivity contribution in [2.45, 2.75) is 37.5 Å². The van der Waals surface area contributed by atoms with Crippen LogP contribution in [0.5, 0.6) is 0 Å². The van der Waals surface area contributed by atoms with Gasteiger partial charge in [0.15, 0.2) is 0 Å². The number of nitrogen functional groups attached to an aromatic ring is 1. The maximum atomic E-state index is 14.8. The molecule has 8 nitrogen and oxygen atoms in total. The van der Waals surface area contributed by atoms with Crippen molar-refractivity contribution < 1.29 is 31.5 Å². The molecule has 0 aliphatic carbocycles. The largest absolute Gasteiger partial charge is 0.408 e. The van der Waals surface area contributed by atoms with Crippen LogP contribution in [0.15, 0.2) is 30.5 Å². The molecule has 2 saturated heterocycles. The first-order valence-electron chi connectivity index (χ1n) is 11.3. The Hall–Kier alpha value is -3.77. The number of rotatable bonds is 4. The van der Waals surface area contributed by atoms with Gasteiger partial charge in [0, 0.05) is 49.4 Å². The minimum Gasteiger partial charge on any atom is -0.384 e. The summed E-state index contributed by atoms with van der Waals surface area (Å²) in [6.45, 7) is -0.297. The van der Waals surface area contributed by atoms with E-state index in [1.54, 1.807) is 0 Å². The van der Waals surface area contributed by atoms with Crippen LogP contribution in [0, 0.1) is 11.6 Å². The minimum atomic E-state index is -4.57. The standard InChI is InChI=1S/C23H21F5N6O2/c24-14-7-15(25)20-16(8-14)34(11-19(35)33-5-1-2-17(33)23(26,27)28)31-21(20)13-9-32(10-13)22(36)12-3-4-30-18(29)6-12/h3-4,6-8,13,17H,1-2,5,9-11H2,(H2,29,30)/t17-/m0/s1. The molecule has 190 valence electrons. The number of carbonyl (C=O) groups is 2. The Morgan fingerprint density at radius 1 is 1.14 bits per heavy atom. The molecule has 2 aromatic heterocycles. The first-order chi connectivity index (χ1) is 17.0. The van der Waals surface area contributed by atoms with Crippen LogP contribution >= 0.6 is 0 Å². The molecule has 0 saturated carbocycles. The topological polar surface area (TPSA) is 97.3 Å². The Labute approximate surface area is 201 Å². The molecule has 1 atom stereocenters. The van der Waals surface area contributed by atoms with E-state index in [0.717, 1.165) is 15.6 Å². The Morgan fingerprint density at radius 3 is 2.58 bits per heavy atom. The summed E-state index contributed by atoms with van der Waals surface area (Å²) in [4.78, 5) is 31.6. The number of likely N-dealkylation sites (tertiary alicyclic amines) is 2. The lowest BCUT2D eigenvalue weighted by atomic mass is 9.93. The molecular weight excluding hydrogens is 487 g/mol. The Kier molecular flexibility index (Phi) is 5.80. The number of aromatic nitrogens is 3. The Bertz CT molecular complexity index is 1350. The number of benzene rings is 1. The zero-order valence-corrected chi connectivity index (χ0v) is 18.8. The predicted molar refractivity (Wildman–Crippen MR) is 118 cm³/mol. The van der Waals surface area contributed by atoms with E-state index in [1.165, 1.54) is 23.2 Å². The van der Waals surface area contributed by atoms with Crippen molar-refractivity contribution in [3.8, 4) is 0 Å². The fourth-order valence-electron chi connectivity index (χ4n) is 4.86. The van der Waals surface area contributed by atoms with Crippen LogP contribution in [-0.4, -0.2) is 68.2 Å². The molecule has 1 aromatic carbocycles. The van der Waals surface area contributed by atoms with E-state index < -0.39 is 42.2 Å². The maximum absolute atomic E-state index is 14.8. The molecule has 2 N–H and O–H groups in total. The van der Waals surface area contributed by atoms with Gasteiger partial charge in [-0.3, -0.25) is 14.3 Å². The number of alkyl halides is 3. The van der Waals surface area contributed by atoms with E-state index in [2.05, 4.69) is 10.1 Å². The summed E-state index contributed by atoms with van der Waals surface area (Å²) >= 11 is 0. The van der Waals surface area contributed by atoms with Gasteiger partial charge in [-0.15, -0.1) is 0 Å².